The largest absolute Gasteiger partial charge is 0.338 e. The number of rotatable bonds is 3. The first-order chi connectivity index (χ1) is 9.19. The summed E-state index contributed by atoms with van der Waals surface area (Å²) in [5, 5.41) is 3.35. The van der Waals surface area contributed by atoms with E-state index in [1.54, 1.807) is 6.07 Å². The molecule has 1 N–H and O–H groups in total. The molecule has 104 valence electrons. The van der Waals surface area contributed by atoms with E-state index in [0.717, 1.165) is 38.4 Å². The summed E-state index contributed by atoms with van der Waals surface area (Å²) in [4.78, 5) is 20.1. The van der Waals surface area contributed by atoms with Crippen molar-refractivity contribution in [3.8, 4) is 0 Å². The van der Waals surface area contributed by atoms with Crippen molar-refractivity contribution in [3.63, 3.8) is 0 Å². The van der Waals surface area contributed by atoms with E-state index in [1.165, 1.54) is 0 Å². The van der Waals surface area contributed by atoms with Gasteiger partial charge in [0.25, 0.3) is 0 Å². The van der Waals surface area contributed by atoms with Gasteiger partial charge in [-0.15, -0.1) is 0 Å². The molecule has 1 aromatic heterocycles. The number of piperazine rings is 1. The number of carbonyl (C=O) groups excluding carboxylic acids is 1. The zero-order valence-corrected chi connectivity index (χ0v) is 11.9. The Morgan fingerprint density at radius 1 is 1.37 bits per heavy atom. The van der Waals surface area contributed by atoms with Crippen LogP contribution in [0, 0.1) is 0 Å². The van der Waals surface area contributed by atoms with Crippen LogP contribution in [-0.2, 0) is 6.54 Å². The van der Waals surface area contributed by atoms with Crippen LogP contribution in [0.1, 0.15) is 12.6 Å². The van der Waals surface area contributed by atoms with Crippen molar-refractivity contribution in [2.75, 3.05) is 32.7 Å². The molecule has 0 atom stereocenters. The van der Waals surface area contributed by atoms with Crippen molar-refractivity contribution in [2.24, 2.45) is 0 Å². The maximum Gasteiger partial charge on any atom is 0.317 e. The number of pyridine rings is 1. The molecule has 1 aliphatic rings. The molecule has 0 aliphatic carbocycles. The Hall–Kier alpha value is -1.33. The van der Waals surface area contributed by atoms with Gasteiger partial charge in [0.05, 0.1) is 5.69 Å². The molecule has 0 bridgehead atoms. The minimum atomic E-state index is 0.0306. The average molecular weight is 283 g/mol. The Morgan fingerprint density at radius 3 is 2.74 bits per heavy atom. The van der Waals surface area contributed by atoms with Crippen molar-refractivity contribution < 1.29 is 4.79 Å². The number of halogens is 1. The molecule has 1 aliphatic heterocycles. The third-order valence-corrected chi connectivity index (χ3v) is 3.36. The zero-order chi connectivity index (χ0) is 13.7. The lowest BCUT2D eigenvalue weighted by atomic mass is 10.3. The van der Waals surface area contributed by atoms with Gasteiger partial charge in [-0.1, -0.05) is 17.7 Å². The summed E-state index contributed by atoms with van der Waals surface area (Å²) in [5.74, 6) is 0. The Bertz CT molecular complexity index is 432. The second-order valence-electron chi connectivity index (χ2n) is 4.55. The first kappa shape index (κ1) is 14.1. The molecular weight excluding hydrogens is 264 g/mol. The number of amides is 2. The molecule has 2 amide bonds. The summed E-state index contributed by atoms with van der Waals surface area (Å²) >= 11 is 5.87. The third-order valence-electron chi connectivity index (χ3n) is 3.15. The van der Waals surface area contributed by atoms with Crippen LogP contribution >= 0.6 is 11.6 Å². The Labute approximate surface area is 118 Å². The molecular formula is C13H19ClN4O. The molecule has 1 aromatic rings. The molecule has 1 fully saturated rings. The number of nitrogens with zero attached hydrogens (tertiary/aromatic N) is 3. The predicted molar refractivity (Wildman–Crippen MR) is 75.2 cm³/mol. The van der Waals surface area contributed by atoms with E-state index in [2.05, 4.69) is 15.2 Å². The molecule has 0 spiro atoms. The van der Waals surface area contributed by atoms with Gasteiger partial charge in [0.2, 0.25) is 0 Å². The summed E-state index contributed by atoms with van der Waals surface area (Å²) in [6.07, 6.45) is 0. The fraction of sp³-hybridized carbons (Fsp3) is 0.538. The van der Waals surface area contributed by atoms with Crippen molar-refractivity contribution in [2.45, 2.75) is 13.5 Å². The summed E-state index contributed by atoms with van der Waals surface area (Å²) in [5.41, 5.74) is 0.971. The van der Waals surface area contributed by atoms with Gasteiger partial charge in [-0.2, -0.15) is 0 Å². The average Bonchev–Trinajstić information content (AvgIpc) is 2.40. The van der Waals surface area contributed by atoms with Crippen molar-refractivity contribution in [1.29, 1.82) is 0 Å². The molecule has 6 heteroatoms. The van der Waals surface area contributed by atoms with E-state index < -0.39 is 0 Å². The minimum Gasteiger partial charge on any atom is -0.338 e. The smallest absolute Gasteiger partial charge is 0.317 e. The van der Waals surface area contributed by atoms with Crippen LogP contribution in [-0.4, -0.2) is 53.5 Å². The number of hydrogen-bond donors (Lipinski definition) is 1. The van der Waals surface area contributed by atoms with E-state index in [0.29, 0.717) is 11.7 Å². The van der Waals surface area contributed by atoms with E-state index in [-0.39, 0.29) is 6.03 Å². The lowest BCUT2D eigenvalue weighted by molar-refractivity contribution is 0.135. The number of urea groups is 1. The monoisotopic (exact) mass is 282 g/mol. The highest BCUT2D eigenvalue weighted by atomic mass is 35.5. The van der Waals surface area contributed by atoms with Crippen LogP contribution in [0.3, 0.4) is 0 Å². The van der Waals surface area contributed by atoms with Crippen molar-refractivity contribution in [3.05, 3.63) is 29.0 Å². The van der Waals surface area contributed by atoms with Crippen molar-refractivity contribution in [1.82, 2.24) is 20.1 Å². The van der Waals surface area contributed by atoms with E-state index in [1.807, 2.05) is 24.0 Å². The Morgan fingerprint density at radius 2 is 2.11 bits per heavy atom. The van der Waals surface area contributed by atoms with Gasteiger partial charge in [-0.3, -0.25) is 4.90 Å². The summed E-state index contributed by atoms with van der Waals surface area (Å²) in [6.45, 7) is 6.63. The van der Waals surface area contributed by atoms with Gasteiger partial charge in [-0.25, -0.2) is 9.78 Å². The SMILES string of the molecule is CCNC(=O)N1CCN(Cc2cccc(Cl)n2)CC1. The first-order valence-electron chi connectivity index (χ1n) is 6.55. The summed E-state index contributed by atoms with van der Waals surface area (Å²) in [7, 11) is 0. The van der Waals surface area contributed by atoms with Gasteiger partial charge in [0.1, 0.15) is 5.15 Å². The van der Waals surface area contributed by atoms with E-state index in [4.69, 9.17) is 11.6 Å². The second kappa shape index (κ2) is 6.73. The summed E-state index contributed by atoms with van der Waals surface area (Å²) in [6, 6.07) is 5.69. The second-order valence-corrected chi connectivity index (χ2v) is 4.94. The van der Waals surface area contributed by atoms with Crippen LogP contribution in [0.25, 0.3) is 0 Å². The maximum atomic E-state index is 11.7. The van der Waals surface area contributed by atoms with Gasteiger partial charge in [0, 0.05) is 39.3 Å². The van der Waals surface area contributed by atoms with E-state index in [9.17, 15) is 4.79 Å². The molecule has 1 saturated heterocycles. The van der Waals surface area contributed by atoms with Crippen LogP contribution in [0.15, 0.2) is 18.2 Å². The van der Waals surface area contributed by atoms with Crippen LogP contribution in [0.2, 0.25) is 5.15 Å². The van der Waals surface area contributed by atoms with Crippen LogP contribution < -0.4 is 5.32 Å². The normalized spacial score (nSPS) is 16.4. The molecule has 0 aromatic carbocycles. The number of hydrogen-bond acceptors (Lipinski definition) is 3. The molecule has 0 saturated carbocycles. The number of nitrogens with one attached hydrogen (secondary N) is 1. The fourth-order valence-corrected chi connectivity index (χ4v) is 2.32. The van der Waals surface area contributed by atoms with Crippen LogP contribution in [0.4, 0.5) is 4.79 Å². The summed E-state index contributed by atoms with van der Waals surface area (Å²) < 4.78 is 0. The molecule has 0 unspecified atom stereocenters. The Balaban J connectivity index is 1.82. The standard InChI is InChI=1S/C13H19ClN4O/c1-2-15-13(19)18-8-6-17(7-9-18)10-11-4-3-5-12(14)16-11/h3-5H,2,6-10H2,1H3,(H,15,19). The predicted octanol–water partition coefficient (Wildman–Crippen LogP) is 1.58. The van der Waals surface area contributed by atoms with Gasteiger partial charge in [0.15, 0.2) is 0 Å². The highest BCUT2D eigenvalue weighted by Gasteiger charge is 2.20. The molecule has 5 nitrogen and oxygen atoms in total. The Kier molecular flexibility index (Phi) is 4.99. The highest BCUT2D eigenvalue weighted by Crippen LogP contribution is 2.10. The van der Waals surface area contributed by atoms with Crippen molar-refractivity contribution >= 4 is 17.6 Å². The number of carbonyl (C=O) groups is 1. The fourth-order valence-electron chi connectivity index (χ4n) is 2.14. The van der Waals surface area contributed by atoms with Gasteiger partial charge < -0.3 is 10.2 Å². The topological polar surface area (TPSA) is 48.5 Å². The number of aromatic nitrogens is 1. The van der Waals surface area contributed by atoms with Gasteiger partial charge in [-0.05, 0) is 19.1 Å². The first-order valence-corrected chi connectivity index (χ1v) is 6.93. The van der Waals surface area contributed by atoms with Gasteiger partial charge >= 0.3 is 6.03 Å². The van der Waals surface area contributed by atoms with E-state index >= 15 is 0 Å². The lowest BCUT2D eigenvalue weighted by Gasteiger charge is -2.34. The zero-order valence-electron chi connectivity index (χ0n) is 11.1. The highest BCUT2D eigenvalue weighted by molar-refractivity contribution is 6.29. The molecule has 2 rings (SSSR count). The lowest BCUT2D eigenvalue weighted by Crippen LogP contribution is -2.51. The molecule has 0 radical (unpaired) electrons. The minimum absolute atomic E-state index is 0.0306. The molecule has 2 heterocycles. The van der Waals surface area contributed by atoms with Crippen LogP contribution in [0.5, 0.6) is 0 Å². The molecule has 19 heavy (non-hydrogen) atoms. The third kappa shape index (κ3) is 4.08. The quantitative estimate of drug-likeness (QED) is 0.857. The maximum absolute atomic E-state index is 11.7.